The average Bonchev–Trinajstić information content (AvgIpc) is 2.88. The number of rotatable bonds is 4. The van der Waals surface area contributed by atoms with Crippen LogP contribution in [0.2, 0.25) is 0 Å². The first-order valence-corrected chi connectivity index (χ1v) is 7.42. The van der Waals surface area contributed by atoms with Gasteiger partial charge in [-0.3, -0.25) is 0 Å². The standard InChI is InChI=1S/C15H18BrNO2/c1-3-12-13(16)8-11(9-14(12)19-2)15(17-10-18)6-4-5-7-15/h8-9H,3-7H2,1-2H3. The van der Waals surface area contributed by atoms with Gasteiger partial charge in [-0.15, -0.1) is 0 Å². The van der Waals surface area contributed by atoms with Crippen molar-refractivity contribution >= 4 is 22.0 Å². The summed E-state index contributed by atoms with van der Waals surface area (Å²) in [7, 11) is 1.68. The molecular weight excluding hydrogens is 306 g/mol. The maximum atomic E-state index is 10.8. The molecule has 2 rings (SSSR count). The maximum Gasteiger partial charge on any atom is 0.235 e. The molecule has 3 nitrogen and oxygen atoms in total. The lowest BCUT2D eigenvalue weighted by atomic mass is 9.88. The first kappa shape index (κ1) is 14.3. The Kier molecular flexibility index (Phi) is 4.43. The lowest BCUT2D eigenvalue weighted by molar-refractivity contribution is 0.403. The zero-order valence-corrected chi connectivity index (χ0v) is 12.9. The summed E-state index contributed by atoms with van der Waals surface area (Å²) in [6, 6.07) is 4.10. The van der Waals surface area contributed by atoms with Gasteiger partial charge in [0.1, 0.15) is 5.75 Å². The molecule has 0 unspecified atom stereocenters. The van der Waals surface area contributed by atoms with Crippen LogP contribution in [0.15, 0.2) is 21.6 Å². The second-order valence-electron chi connectivity index (χ2n) is 4.93. The minimum atomic E-state index is -0.399. The summed E-state index contributed by atoms with van der Waals surface area (Å²) in [5.74, 6) is 0.860. The molecule has 0 aliphatic heterocycles. The highest BCUT2D eigenvalue weighted by Gasteiger charge is 2.36. The number of carbonyl (C=O) groups excluding carboxylic acids is 1. The second-order valence-corrected chi connectivity index (χ2v) is 5.79. The molecule has 0 radical (unpaired) electrons. The Hall–Kier alpha value is -1.12. The lowest BCUT2D eigenvalue weighted by Crippen LogP contribution is -2.19. The number of methoxy groups -OCH3 is 1. The van der Waals surface area contributed by atoms with Crippen molar-refractivity contribution < 1.29 is 9.53 Å². The molecule has 1 saturated carbocycles. The fourth-order valence-electron chi connectivity index (χ4n) is 2.92. The van der Waals surface area contributed by atoms with Gasteiger partial charge < -0.3 is 4.74 Å². The monoisotopic (exact) mass is 323 g/mol. The molecule has 1 aromatic rings. The summed E-state index contributed by atoms with van der Waals surface area (Å²) in [5, 5.41) is 0. The molecule has 4 heteroatoms. The van der Waals surface area contributed by atoms with E-state index in [1.807, 2.05) is 6.07 Å². The summed E-state index contributed by atoms with van der Waals surface area (Å²) in [4.78, 5) is 14.9. The minimum absolute atomic E-state index is 0.399. The second kappa shape index (κ2) is 5.89. The third-order valence-corrected chi connectivity index (χ3v) is 4.66. The van der Waals surface area contributed by atoms with Crippen LogP contribution in [-0.2, 0) is 16.8 Å². The van der Waals surface area contributed by atoms with E-state index < -0.39 is 5.54 Å². The van der Waals surface area contributed by atoms with Crippen molar-refractivity contribution in [3.05, 3.63) is 27.7 Å². The normalized spacial score (nSPS) is 17.0. The van der Waals surface area contributed by atoms with E-state index in [0.29, 0.717) is 0 Å². The SMILES string of the molecule is CCc1c(Br)cc(C2(N=C=O)CCCC2)cc1OC. The highest BCUT2D eigenvalue weighted by Crippen LogP contribution is 2.44. The Morgan fingerprint density at radius 3 is 2.63 bits per heavy atom. The molecule has 19 heavy (non-hydrogen) atoms. The molecule has 0 atom stereocenters. The first-order chi connectivity index (χ1) is 9.16. The van der Waals surface area contributed by atoms with Crippen LogP contribution >= 0.6 is 15.9 Å². The number of aliphatic imine (C=N–C) groups is 1. The van der Waals surface area contributed by atoms with E-state index >= 15 is 0 Å². The third-order valence-electron chi connectivity index (χ3n) is 3.96. The molecule has 0 N–H and O–H groups in total. The molecule has 1 aliphatic carbocycles. The molecular formula is C15H18BrNO2. The molecule has 0 amide bonds. The predicted molar refractivity (Wildman–Crippen MR) is 78.3 cm³/mol. The quantitative estimate of drug-likeness (QED) is 0.617. The van der Waals surface area contributed by atoms with Gasteiger partial charge in [0, 0.05) is 10.0 Å². The van der Waals surface area contributed by atoms with Gasteiger partial charge in [-0.1, -0.05) is 35.7 Å². The van der Waals surface area contributed by atoms with Gasteiger partial charge in [-0.05, 0) is 37.0 Å². The molecule has 0 bridgehead atoms. The summed E-state index contributed by atoms with van der Waals surface area (Å²) in [6.45, 7) is 2.09. The van der Waals surface area contributed by atoms with E-state index in [-0.39, 0.29) is 0 Å². The van der Waals surface area contributed by atoms with Gasteiger partial charge in [0.2, 0.25) is 6.08 Å². The average molecular weight is 324 g/mol. The zero-order chi connectivity index (χ0) is 13.9. The Morgan fingerprint density at radius 2 is 2.11 bits per heavy atom. The van der Waals surface area contributed by atoms with E-state index in [9.17, 15) is 4.79 Å². The molecule has 1 fully saturated rings. The van der Waals surface area contributed by atoms with Crippen molar-refractivity contribution in [2.24, 2.45) is 4.99 Å². The summed E-state index contributed by atoms with van der Waals surface area (Å²) >= 11 is 3.60. The van der Waals surface area contributed by atoms with Crippen LogP contribution in [0, 0.1) is 0 Å². The zero-order valence-electron chi connectivity index (χ0n) is 11.3. The highest BCUT2D eigenvalue weighted by atomic mass is 79.9. The van der Waals surface area contributed by atoms with Gasteiger partial charge in [-0.25, -0.2) is 4.79 Å². The van der Waals surface area contributed by atoms with Gasteiger partial charge in [0.25, 0.3) is 0 Å². The van der Waals surface area contributed by atoms with Crippen LogP contribution < -0.4 is 4.74 Å². The van der Waals surface area contributed by atoms with Crippen LogP contribution in [-0.4, -0.2) is 13.2 Å². The van der Waals surface area contributed by atoms with E-state index in [2.05, 4.69) is 33.9 Å². The van der Waals surface area contributed by atoms with Crippen LogP contribution in [0.25, 0.3) is 0 Å². The van der Waals surface area contributed by atoms with Crippen LogP contribution in [0.4, 0.5) is 0 Å². The predicted octanol–water partition coefficient (Wildman–Crippen LogP) is 4.13. The fourth-order valence-corrected chi connectivity index (χ4v) is 3.64. The Labute approximate surface area is 122 Å². The largest absolute Gasteiger partial charge is 0.496 e. The Morgan fingerprint density at radius 1 is 1.42 bits per heavy atom. The van der Waals surface area contributed by atoms with Crippen LogP contribution in [0.5, 0.6) is 5.75 Å². The maximum absolute atomic E-state index is 10.8. The van der Waals surface area contributed by atoms with E-state index in [0.717, 1.165) is 53.5 Å². The first-order valence-electron chi connectivity index (χ1n) is 6.63. The van der Waals surface area contributed by atoms with Gasteiger partial charge in [-0.2, -0.15) is 4.99 Å². The minimum Gasteiger partial charge on any atom is -0.496 e. The number of halogens is 1. The number of hydrogen-bond donors (Lipinski definition) is 0. The number of isocyanates is 1. The number of ether oxygens (including phenoxy) is 1. The van der Waals surface area contributed by atoms with Crippen molar-refractivity contribution in [2.45, 2.75) is 44.6 Å². The Balaban J connectivity index is 2.55. The van der Waals surface area contributed by atoms with Gasteiger partial charge in [0.05, 0.1) is 12.6 Å². The number of benzene rings is 1. The van der Waals surface area contributed by atoms with Crippen LogP contribution in [0.3, 0.4) is 0 Å². The number of hydrogen-bond acceptors (Lipinski definition) is 3. The van der Waals surface area contributed by atoms with Crippen LogP contribution in [0.1, 0.15) is 43.7 Å². The number of nitrogens with zero attached hydrogens (tertiary/aromatic N) is 1. The molecule has 0 spiro atoms. The lowest BCUT2D eigenvalue weighted by Gasteiger charge is -2.24. The fraction of sp³-hybridized carbons (Fsp3) is 0.533. The highest BCUT2D eigenvalue weighted by molar-refractivity contribution is 9.10. The molecule has 102 valence electrons. The van der Waals surface area contributed by atoms with Gasteiger partial charge in [0.15, 0.2) is 0 Å². The van der Waals surface area contributed by atoms with Gasteiger partial charge >= 0.3 is 0 Å². The summed E-state index contributed by atoms with van der Waals surface area (Å²) < 4.78 is 6.49. The Bertz CT molecular complexity index is 515. The van der Waals surface area contributed by atoms with E-state index in [1.165, 1.54) is 0 Å². The molecule has 0 aromatic heterocycles. The molecule has 1 aromatic carbocycles. The van der Waals surface area contributed by atoms with E-state index in [1.54, 1.807) is 13.2 Å². The van der Waals surface area contributed by atoms with Crippen molar-refractivity contribution in [1.82, 2.24) is 0 Å². The summed E-state index contributed by atoms with van der Waals surface area (Å²) in [6.07, 6.45) is 6.66. The molecule has 0 saturated heterocycles. The topological polar surface area (TPSA) is 38.7 Å². The van der Waals surface area contributed by atoms with Crippen molar-refractivity contribution in [2.75, 3.05) is 7.11 Å². The van der Waals surface area contributed by atoms with Crippen molar-refractivity contribution in [1.29, 1.82) is 0 Å². The third kappa shape index (κ3) is 2.60. The molecule has 1 aliphatic rings. The summed E-state index contributed by atoms with van der Waals surface area (Å²) in [5.41, 5.74) is 1.80. The van der Waals surface area contributed by atoms with Crippen molar-refractivity contribution in [3.8, 4) is 5.75 Å². The van der Waals surface area contributed by atoms with Crippen molar-refractivity contribution in [3.63, 3.8) is 0 Å². The smallest absolute Gasteiger partial charge is 0.235 e. The van der Waals surface area contributed by atoms with E-state index in [4.69, 9.17) is 4.74 Å². The molecule has 0 heterocycles.